The SMILES string of the molecule is O=C(NC1CCCCC1)c1cnn2c1N[C@@H](c1ccccc1)C[C@H]2C(F)(F)F. The molecule has 0 spiro atoms. The number of carbonyl (C=O) groups excluding carboxylic acids is 1. The van der Waals surface area contributed by atoms with Gasteiger partial charge < -0.3 is 10.6 Å². The van der Waals surface area contributed by atoms with E-state index < -0.39 is 18.3 Å². The molecule has 0 bridgehead atoms. The highest BCUT2D eigenvalue weighted by Gasteiger charge is 2.47. The number of nitrogens with one attached hydrogen (secondary N) is 2. The standard InChI is InChI=1S/C20H23F3N4O/c21-20(22,23)17-11-16(13-7-3-1-4-8-13)26-18-15(12-24-27(17)18)19(28)25-14-9-5-2-6-10-14/h1,3-4,7-8,12,14,16-17,26H,2,5-6,9-11H2,(H,25,28)/t16-,17+/m1/s1. The molecule has 1 aromatic heterocycles. The summed E-state index contributed by atoms with van der Waals surface area (Å²) in [6.07, 6.45) is 1.69. The molecule has 2 N–H and O–H groups in total. The quantitative estimate of drug-likeness (QED) is 0.802. The summed E-state index contributed by atoms with van der Waals surface area (Å²) in [6.45, 7) is 0. The Labute approximate surface area is 161 Å². The smallest absolute Gasteiger partial charge is 0.363 e. The van der Waals surface area contributed by atoms with Crippen LogP contribution in [0.1, 0.15) is 66.5 Å². The zero-order valence-corrected chi connectivity index (χ0v) is 15.4. The van der Waals surface area contributed by atoms with E-state index in [4.69, 9.17) is 0 Å². The zero-order valence-electron chi connectivity index (χ0n) is 15.4. The maximum Gasteiger partial charge on any atom is 0.410 e. The second-order valence-electron chi connectivity index (χ2n) is 7.56. The van der Waals surface area contributed by atoms with Crippen LogP contribution < -0.4 is 10.6 Å². The van der Waals surface area contributed by atoms with Crippen molar-refractivity contribution in [2.45, 2.75) is 62.8 Å². The second kappa shape index (κ2) is 7.48. The van der Waals surface area contributed by atoms with Crippen LogP contribution in [0.3, 0.4) is 0 Å². The number of nitrogens with zero attached hydrogens (tertiary/aromatic N) is 2. The fourth-order valence-corrected chi connectivity index (χ4v) is 4.14. The highest BCUT2D eigenvalue weighted by molar-refractivity contribution is 5.99. The van der Waals surface area contributed by atoms with Gasteiger partial charge in [0.1, 0.15) is 11.4 Å². The lowest BCUT2D eigenvalue weighted by atomic mass is 9.95. The molecule has 1 aliphatic heterocycles. The topological polar surface area (TPSA) is 59.0 Å². The zero-order chi connectivity index (χ0) is 19.7. The fourth-order valence-electron chi connectivity index (χ4n) is 4.14. The minimum Gasteiger partial charge on any atom is -0.363 e. The molecule has 0 saturated heterocycles. The third-order valence-electron chi connectivity index (χ3n) is 5.63. The normalized spacial score (nSPS) is 23.0. The lowest BCUT2D eigenvalue weighted by Crippen LogP contribution is -2.38. The van der Waals surface area contributed by atoms with E-state index in [1.807, 2.05) is 6.07 Å². The van der Waals surface area contributed by atoms with Gasteiger partial charge in [0.15, 0.2) is 6.04 Å². The molecular weight excluding hydrogens is 369 g/mol. The minimum atomic E-state index is -4.45. The van der Waals surface area contributed by atoms with Crippen LogP contribution in [-0.4, -0.2) is 27.9 Å². The number of amides is 1. The van der Waals surface area contributed by atoms with E-state index in [1.54, 1.807) is 24.3 Å². The molecule has 4 rings (SSSR count). The average Bonchev–Trinajstić information content (AvgIpc) is 3.12. The van der Waals surface area contributed by atoms with Gasteiger partial charge >= 0.3 is 6.18 Å². The summed E-state index contributed by atoms with van der Waals surface area (Å²) in [6, 6.07) is 6.75. The molecule has 8 heteroatoms. The summed E-state index contributed by atoms with van der Waals surface area (Å²) in [5, 5.41) is 10.0. The molecule has 1 fully saturated rings. The van der Waals surface area contributed by atoms with E-state index in [0.717, 1.165) is 42.3 Å². The Morgan fingerprint density at radius 2 is 1.86 bits per heavy atom. The van der Waals surface area contributed by atoms with Crippen LogP contribution in [-0.2, 0) is 0 Å². The molecule has 1 amide bonds. The van der Waals surface area contributed by atoms with Gasteiger partial charge in [0, 0.05) is 12.5 Å². The molecule has 0 radical (unpaired) electrons. The number of fused-ring (bicyclic) bond motifs is 1. The van der Waals surface area contributed by atoms with Crippen LogP contribution in [0.25, 0.3) is 0 Å². The van der Waals surface area contributed by atoms with E-state index in [0.29, 0.717) is 0 Å². The van der Waals surface area contributed by atoms with Crippen molar-refractivity contribution in [3.8, 4) is 0 Å². The molecule has 1 aliphatic carbocycles. The van der Waals surface area contributed by atoms with Gasteiger partial charge in [-0.2, -0.15) is 18.3 Å². The molecule has 1 saturated carbocycles. The Morgan fingerprint density at radius 3 is 2.54 bits per heavy atom. The predicted octanol–water partition coefficient (Wildman–Crippen LogP) is 4.61. The van der Waals surface area contributed by atoms with Gasteiger partial charge in [0.2, 0.25) is 0 Å². The van der Waals surface area contributed by atoms with Crippen molar-refractivity contribution < 1.29 is 18.0 Å². The lowest BCUT2D eigenvalue weighted by Gasteiger charge is -2.34. The number of hydrogen-bond acceptors (Lipinski definition) is 3. The Bertz CT molecular complexity index is 828. The molecule has 2 atom stereocenters. The van der Waals surface area contributed by atoms with Crippen LogP contribution in [0.4, 0.5) is 19.0 Å². The number of rotatable bonds is 3. The van der Waals surface area contributed by atoms with Crippen LogP contribution in [0.15, 0.2) is 36.5 Å². The molecule has 28 heavy (non-hydrogen) atoms. The third kappa shape index (κ3) is 3.72. The van der Waals surface area contributed by atoms with Crippen LogP contribution in [0.2, 0.25) is 0 Å². The van der Waals surface area contributed by atoms with Gasteiger partial charge in [-0.3, -0.25) is 4.79 Å². The lowest BCUT2D eigenvalue weighted by molar-refractivity contribution is -0.173. The van der Waals surface area contributed by atoms with E-state index >= 15 is 0 Å². The molecule has 2 heterocycles. The van der Waals surface area contributed by atoms with Gasteiger partial charge in [-0.05, 0) is 18.4 Å². The highest BCUT2D eigenvalue weighted by atomic mass is 19.4. The summed E-state index contributed by atoms with van der Waals surface area (Å²) in [5.74, 6) is -0.231. The number of benzene rings is 1. The largest absolute Gasteiger partial charge is 0.410 e. The van der Waals surface area contributed by atoms with E-state index in [2.05, 4.69) is 15.7 Å². The van der Waals surface area contributed by atoms with Crippen molar-refractivity contribution in [2.75, 3.05) is 5.32 Å². The first-order valence-electron chi connectivity index (χ1n) is 9.70. The van der Waals surface area contributed by atoms with Gasteiger partial charge in [-0.1, -0.05) is 49.6 Å². The maximum atomic E-state index is 13.7. The monoisotopic (exact) mass is 392 g/mol. The Hall–Kier alpha value is -2.51. The van der Waals surface area contributed by atoms with E-state index in [1.165, 1.54) is 6.20 Å². The molecule has 2 aliphatic rings. The molecular formula is C20H23F3N4O. The highest BCUT2D eigenvalue weighted by Crippen LogP contribution is 2.44. The van der Waals surface area contributed by atoms with Crippen LogP contribution in [0, 0.1) is 0 Å². The van der Waals surface area contributed by atoms with Crippen LogP contribution >= 0.6 is 0 Å². The maximum absolute atomic E-state index is 13.7. The average molecular weight is 392 g/mol. The summed E-state index contributed by atoms with van der Waals surface area (Å²) in [5.41, 5.74) is 0.920. The second-order valence-corrected chi connectivity index (χ2v) is 7.56. The third-order valence-corrected chi connectivity index (χ3v) is 5.63. The first-order chi connectivity index (χ1) is 13.4. The Balaban J connectivity index is 1.64. The Kier molecular flexibility index (Phi) is 5.03. The van der Waals surface area contributed by atoms with Crippen molar-refractivity contribution in [3.05, 3.63) is 47.7 Å². The van der Waals surface area contributed by atoms with Crippen molar-refractivity contribution in [1.82, 2.24) is 15.1 Å². The number of carbonyl (C=O) groups is 1. The van der Waals surface area contributed by atoms with E-state index in [-0.39, 0.29) is 29.8 Å². The number of alkyl halides is 3. The first kappa shape index (κ1) is 18.8. The van der Waals surface area contributed by atoms with Gasteiger partial charge in [-0.25, -0.2) is 4.68 Å². The number of anilines is 1. The minimum absolute atomic E-state index is 0.0729. The fraction of sp³-hybridized carbons (Fsp3) is 0.500. The van der Waals surface area contributed by atoms with Gasteiger partial charge in [0.05, 0.1) is 12.2 Å². The summed E-state index contributed by atoms with van der Waals surface area (Å²) in [7, 11) is 0. The van der Waals surface area contributed by atoms with Crippen LogP contribution in [0.5, 0.6) is 0 Å². The summed E-state index contributed by atoms with van der Waals surface area (Å²) in [4.78, 5) is 12.8. The first-order valence-corrected chi connectivity index (χ1v) is 9.70. The molecule has 2 aromatic rings. The Morgan fingerprint density at radius 1 is 1.14 bits per heavy atom. The van der Waals surface area contributed by atoms with Crippen molar-refractivity contribution in [2.24, 2.45) is 0 Å². The van der Waals surface area contributed by atoms with Crippen molar-refractivity contribution in [3.63, 3.8) is 0 Å². The summed E-state index contributed by atoms with van der Waals surface area (Å²) < 4.78 is 42.0. The number of aromatic nitrogens is 2. The predicted molar refractivity (Wildman–Crippen MR) is 99.1 cm³/mol. The van der Waals surface area contributed by atoms with Crippen molar-refractivity contribution in [1.29, 1.82) is 0 Å². The molecule has 5 nitrogen and oxygen atoms in total. The van der Waals surface area contributed by atoms with Crippen molar-refractivity contribution >= 4 is 11.7 Å². The summed E-state index contributed by atoms with van der Waals surface area (Å²) >= 11 is 0. The molecule has 150 valence electrons. The van der Waals surface area contributed by atoms with E-state index in [9.17, 15) is 18.0 Å². The molecule has 0 unspecified atom stereocenters. The number of hydrogen-bond donors (Lipinski definition) is 2. The molecule has 1 aromatic carbocycles. The number of halogens is 3. The van der Waals surface area contributed by atoms with Gasteiger partial charge in [0.25, 0.3) is 5.91 Å². The van der Waals surface area contributed by atoms with Gasteiger partial charge in [-0.15, -0.1) is 0 Å².